The number of benzene rings is 2. The van der Waals surface area contributed by atoms with Crippen LogP contribution in [0.15, 0.2) is 69.7 Å². The number of aromatic nitrogens is 4. The lowest BCUT2D eigenvalue weighted by Gasteiger charge is -2.09. The summed E-state index contributed by atoms with van der Waals surface area (Å²) in [6, 6.07) is 15.0. The number of fused-ring (bicyclic) bond motifs is 1. The van der Waals surface area contributed by atoms with Crippen LogP contribution in [0.5, 0.6) is 0 Å². The van der Waals surface area contributed by atoms with Gasteiger partial charge in [-0.05, 0) is 74.5 Å². The predicted octanol–water partition coefficient (Wildman–Crippen LogP) is 4.29. The number of rotatable bonds is 6. The van der Waals surface area contributed by atoms with Gasteiger partial charge in [0.1, 0.15) is 0 Å². The molecular weight excluding hydrogens is 422 g/mol. The molecule has 0 unspecified atom stereocenters. The summed E-state index contributed by atoms with van der Waals surface area (Å²) in [5.41, 5.74) is 4.07. The summed E-state index contributed by atoms with van der Waals surface area (Å²) in [7, 11) is 0. The van der Waals surface area contributed by atoms with Crippen LogP contribution < -0.4 is 10.9 Å². The fourth-order valence-corrected chi connectivity index (χ4v) is 4.26. The van der Waals surface area contributed by atoms with E-state index in [4.69, 9.17) is 0 Å². The minimum absolute atomic E-state index is 0.138. The first-order valence-corrected chi connectivity index (χ1v) is 11.1. The molecule has 0 aliphatic carbocycles. The molecule has 0 spiro atoms. The van der Waals surface area contributed by atoms with Gasteiger partial charge in [0, 0.05) is 34.9 Å². The molecule has 1 amide bonds. The summed E-state index contributed by atoms with van der Waals surface area (Å²) in [6.45, 7) is 6.08. The Hall–Kier alpha value is -3.52. The van der Waals surface area contributed by atoms with Crippen molar-refractivity contribution in [2.45, 2.75) is 43.8 Å². The van der Waals surface area contributed by atoms with Gasteiger partial charge in [-0.15, -0.1) is 0 Å². The topological polar surface area (TPSA) is 89.8 Å². The molecule has 4 rings (SSSR count). The number of nitrogens with zero attached hydrogens (tertiary/aromatic N) is 4. The van der Waals surface area contributed by atoms with Crippen molar-refractivity contribution in [1.82, 2.24) is 19.5 Å². The highest BCUT2D eigenvalue weighted by molar-refractivity contribution is 7.99. The quantitative estimate of drug-likeness (QED) is 0.445. The zero-order valence-electron chi connectivity index (χ0n) is 18.1. The molecule has 0 atom stereocenters. The van der Waals surface area contributed by atoms with Gasteiger partial charge in [-0.3, -0.25) is 14.2 Å². The second kappa shape index (κ2) is 9.32. The number of carbonyl (C=O) groups is 1. The summed E-state index contributed by atoms with van der Waals surface area (Å²) < 4.78 is 1.48. The molecule has 0 bridgehead atoms. The highest BCUT2D eigenvalue weighted by Gasteiger charge is 2.09. The molecule has 2 aromatic heterocycles. The number of aryl methyl sites for hydroxylation is 4. The average molecular weight is 446 g/mol. The van der Waals surface area contributed by atoms with Gasteiger partial charge in [-0.25, -0.2) is 15.0 Å². The van der Waals surface area contributed by atoms with E-state index in [-0.39, 0.29) is 24.4 Å². The zero-order valence-corrected chi connectivity index (χ0v) is 18.9. The molecule has 0 radical (unpaired) electrons. The summed E-state index contributed by atoms with van der Waals surface area (Å²) in [6.07, 6.45) is 1.68. The van der Waals surface area contributed by atoms with E-state index in [0.29, 0.717) is 21.7 Å². The highest BCUT2D eigenvalue weighted by Crippen LogP contribution is 2.26. The lowest BCUT2D eigenvalue weighted by Crippen LogP contribution is -2.23. The van der Waals surface area contributed by atoms with E-state index in [2.05, 4.69) is 20.3 Å². The van der Waals surface area contributed by atoms with E-state index in [1.54, 1.807) is 6.07 Å². The predicted molar refractivity (Wildman–Crippen MR) is 126 cm³/mol. The Kier molecular flexibility index (Phi) is 6.32. The van der Waals surface area contributed by atoms with Crippen LogP contribution in [0.1, 0.15) is 23.4 Å². The molecule has 162 valence electrons. The van der Waals surface area contributed by atoms with Crippen LogP contribution in [0.3, 0.4) is 0 Å². The van der Waals surface area contributed by atoms with Crippen molar-refractivity contribution in [1.29, 1.82) is 0 Å². The number of amides is 1. The van der Waals surface area contributed by atoms with Gasteiger partial charge in [0.05, 0.1) is 17.2 Å². The molecule has 4 aromatic rings. The largest absolute Gasteiger partial charge is 0.326 e. The molecule has 8 heteroatoms. The Morgan fingerprint density at radius 2 is 1.75 bits per heavy atom. The summed E-state index contributed by atoms with van der Waals surface area (Å²) in [4.78, 5) is 39.3. The van der Waals surface area contributed by atoms with E-state index in [1.807, 2.05) is 63.2 Å². The van der Waals surface area contributed by atoms with Gasteiger partial charge in [-0.1, -0.05) is 12.1 Å². The van der Waals surface area contributed by atoms with Crippen molar-refractivity contribution in [2.75, 3.05) is 5.32 Å². The minimum Gasteiger partial charge on any atom is -0.326 e. The van der Waals surface area contributed by atoms with Crippen molar-refractivity contribution >= 4 is 34.3 Å². The molecule has 2 aromatic carbocycles. The fourth-order valence-electron chi connectivity index (χ4n) is 3.39. The average Bonchev–Trinajstić information content (AvgIpc) is 2.74. The first-order chi connectivity index (χ1) is 15.4. The number of para-hydroxylation sites is 1. The van der Waals surface area contributed by atoms with Gasteiger partial charge in [-0.2, -0.15) is 0 Å². The lowest BCUT2D eigenvalue weighted by atomic mass is 10.1. The van der Waals surface area contributed by atoms with Crippen molar-refractivity contribution in [2.24, 2.45) is 0 Å². The Balaban J connectivity index is 1.37. The zero-order chi connectivity index (χ0) is 22.7. The fraction of sp³-hybridized carbons (Fsp3) is 0.208. The maximum absolute atomic E-state index is 12.7. The van der Waals surface area contributed by atoms with Gasteiger partial charge < -0.3 is 5.32 Å². The molecule has 1 N–H and O–H groups in total. The highest BCUT2D eigenvalue weighted by atomic mass is 32.2. The standard InChI is InChI=1S/C24H23N5O2S/c1-15-5-4-6-20-22(15)25-14-29(23(20)31)12-11-21(30)28-18-7-9-19(10-8-18)32-24-26-16(2)13-17(3)27-24/h4-10,13-14H,11-12H2,1-3H3,(H,28,30). The Morgan fingerprint density at radius 3 is 2.47 bits per heavy atom. The third-order valence-corrected chi connectivity index (χ3v) is 5.82. The van der Waals surface area contributed by atoms with Gasteiger partial charge in [0.2, 0.25) is 5.91 Å². The molecule has 0 saturated carbocycles. The van der Waals surface area contributed by atoms with E-state index >= 15 is 0 Å². The maximum atomic E-state index is 12.7. The Labute approximate surface area is 190 Å². The Bertz CT molecular complexity index is 1330. The summed E-state index contributed by atoms with van der Waals surface area (Å²) in [5.74, 6) is -0.167. The van der Waals surface area contributed by atoms with Crippen LogP contribution in [0, 0.1) is 20.8 Å². The third kappa shape index (κ3) is 5.03. The first-order valence-electron chi connectivity index (χ1n) is 10.2. The van der Waals surface area contributed by atoms with E-state index in [1.165, 1.54) is 22.7 Å². The molecule has 0 aliphatic heterocycles. The second-order valence-corrected chi connectivity index (χ2v) is 8.61. The number of carbonyl (C=O) groups excluding carboxylic acids is 1. The number of hydrogen-bond donors (Lipinski definition) is 1. The lowest BCUT2D eigenvalue weighted by molar-refractivity contribution is -0.116. The third-order valence-electron chi connectivity index (χ3n) is 4.94. The molecule has 0 saturated heterocycles. The van der Waals surface area contributed by atoms with E-state index in [0.717, 1.165) is 21.8 Å². The second-order valence-electron chi connectivity index (χ2n) is 7.57. The van der Waals surface area contributed by atoms with Crippen molar-refractivity contribution in [3.8, 4) is 0 Å². The van der Waals surface area contributed by atoms with Crippen LogP contribution in [0.2, 0.25) is 0 Å². The van der Waals surface area contributed by atoms with Crippen LogP contribution in [-0.4, -0.2) is 25.4 Å². The maximum Gasteiger partial charge on any atom is 0.261 e. The summed E-state index contributed by atoms with van der Waals surface area (Å²) in [5, 5.41) is 4.13. The van der Waals surface area contributed by atoms with Gasteiger partial charge in [0.15, 0.2) is 5.16 Å². The van der Waals surface area contributed by atoms with E-state index in [9.17, 15) is 9.59 Å². The number of nitrogens with one attached hydrogen (secondary N) is 1. The van der Waals surface area contributed by atoms with Crippen LogP contribution in [-0.2, 0) is 11.3 Å². The minimum atomic E-state index is -0.167. The van der Waals surface area contributed by atoms with E-state index < -0.39 is 0 Å². The molecule has 0 aliphatic rings. The Morgan fingerprint density at radius 1 is 1.03 bits per heavy atom. The smallest absolute Gasteiger partial charge is 0.261 e. The van der Waals surface area contributed by atoms with Crippen molar-refractivity contribution < 1.29 is 4.79 Å². The molecule has 0 fully saturated rings. The van der Waals surface area contributed by atoms with Gasteiger partial charge in [0.25, 0.3) is 5.56 Å². The van der Waals surface area contributed by atoms with Gasteiger partial charge >= 0.3 is 0 Å². The van der Waals surface area contributed by atoms with Crippen LogP contribution in [0.25, 0.3) is 10.9 Å². The number of anilines is 1. The SMILES string of the molecule is Cc1cc(C)nc(Sc2ccc(NC(=O)CCn3cnc4c(C)cccc4c3=O)cc2)n1. The van der Waals surface area contributed by atoms with Crippen LogP contribution >= 0.6 is 11.8 Å². The molecule has 2 heterocycles. The van der Waals surface area contributed by atoms with Crippen molar-refractivity contribution in [3.05, 3.63) is 82.2 Å². The monoisotopic (exact) mass is 445 g/mol. The molecule has 7 nitrogen and oxygen atoms in total. The molecule has 32 heavy (non-hydrogen) atoms. The normalized spacial score (nSPS) is 11.0. The van der Waals surface area contributed by atoms with Crippen LogP contribution in [0.4, 0.5) is 5.69 Å². The molecular formula is C24H23N5O2S. The van der Waals surface area contributed by atoms with Crippen molar-refractivity contribution in [3.63, 3.8) is 0 Å². The summed E-state index contributed by atoms with van der Waals surface area (Å²) >= 11 is 1.47. The first kappa shape index (κ1) is 21.7. The number of hydrogen-bond acceptors (Lipinski definition) is 6.